The Morgan fingerprint density at radius 3 is 2.67 bits per heavy atom. The summed E-state index contributed by atoms with van der Waals surface area (Å²) in [6, 6.07) is 6.42. The van der Waals surface area contributed by atoms with Gasteiger partial charge < -0.3 is 9.47 Å². The molecule has 0 radical (unpaired) electrons. The van der Waals surface area contributed by atoms with Gasteiger partial charge in [0, 0.05) is 0 Å². The Labute approximate surface area is 67.7 Å². The second-order valence-electron chi connectivity index (χ2n) is 2.30. The molecule has 1 aromatic rings. The van der Waals surface area contributed by atoms with Gasteiger partial charge in [-0.05, 0) is 12.1 Å². The molecule has 62 valence electrons. The zero-order valence-electron chi connectivity index (χ0n) is 5.99. The van der Waals surface area contributed by atoms with Crippen LogP contribution in [-0.2, 0) is 4.79 Å². The third-order valence-electron chi connectivity index (χ3n) is 1.48. The van der Waals surface area contributed by atoms with E-state index in [-0.39, 0.29) is 11.5 Å². The number of benzene rings is 1. The van der Waals surface area contributed by atoms with E-state index in [0.717, 1.165) is 0 Å². The van der Waals surface area contributed by atoms with E-state index in [1.807, 2.05) is 0 Å². The molecule has 1 atom stereocenters. The summed E-state index contributed by atoms with van der Waals surface area (Å²) in [5.74, 6) is -0.491. The van der Waals surface area contributed by atoms with Gasteiger partial charge >= 0.3 is 12.3 Å². The van der Waals surface area contributed by atoms with Crippen LogP contribution in [0.1, 0.15) is 0 Å². The predicted molar refractivity (Wildman–Crippen MR) is 37.6 cm³/mol. The molecule has 1 aliphatic heterocycles. The largest absolute Gasteiger partial charge is 0.447 e. The van der Waals surface area contributed by atoms with Crippen molar-refractivity contribution < 1.29 is 18.7 Å². The van der Waals surface area contributed by atoms with Crippen molar-refractivity contribution in [1.82, 2.24) is 0 Å². The summed E-state index contributed by atoms with van der Waals surface area (Å²) in [7, 11) is 0. The Kier molecular flexibility index (Phi) is 1.46. The minimum atomic E-state index is -2.00. The minimum Gasteiger partial charge on any atom is -0.447 e. The van der Waals surface area contributed by atoms with Crippen molar-refractivity contribution in [3.05, 3.63) is 24.3 Å². The maximum absolute atomic E-state index is 12.6. The van der Waals surface area contributed by atoms with Gasteiger partial charge in [0.25, 0.3) is 0 Å². The molecule has 2 rings (SSSR count). The molecule has 0 bridgehead atoms. The van der Waals surface area contributed by atoms with E-state index >= 15 is 0 Å². The monoisotopic (exact) mass is 168 g/mol. The smallest absolute Gasteiger partial charge is 0.386 e. The molecule has 0 fully saturated rings. The molecule has 0 spiro atoms. The maximum atomic E-state index is 12.6. The van der Waals surface area contributed by atoms with Gasteiger partial charge in [-0.25, -0.2) is 4.79 Å². The average molecular weight is 168 g/mol. The first-order chi connectivity index (χ1) is 5.77. The van der Waals surface area contributed by atoms with Crippen molar-refractivity contribution in [1.29, 1.82) is 0 Å². The van der Waals surface area contributed by atoms with Gasteiger partial charge in [-0.15, -0.1) is 0 Å². The Morgan fingerprint density at radius 2 is 1.92 bits per heavy atom. The molecular weight excluding hydrogens is 163 g/mol. The summed E-state index contributed by atoms with van der Waals surface area (Å²) >= 11 is 0. The van der Waals surface area contributed by atoms with Crippen LogP contribution >= 0.6 is 0 Å². The van der Waals surface area contributed by atoms with E-state index in [0.29, 0.717) is 0 Å². The Balaban J connectivity index is 2.40. The molecule has 3 nitrogen and oxygen atoms in total. The van der Waals surface area contributed by atoms with Crippen molar-refractivity contribution >= 4 is 5.97 Å². The van der Waals surface area contributed by atoms with Crippen LogP contribution in [0, 0.1) is 0 Å². The SMILES string of the molecule is O=C1Oc2ccccc2OC1F. The number of hydrogen-bond acceptors (Lipinski definition) is 3. The van der Waals surface area contributed by atoms with E-state index in [2.05, 4.69) is 9.47 Å². The Hall–Kier alpha value is -1.58. The lowest BCUT2D eigenvalue weighted by Gasteiger charge is -2.18. The zero-order valence-corrected chi connectivity index (χ0v) is 5.99. The second-order valence-corrected chi connectivity index (χ2v) is 2.30. The fourth-order valence-electron chi connectivity index (χ4n) is 0.946. The standard InChI is InChI=1S/C8H5FO3/c9-7-8(10)12-6-4-2-1-3-5(6)11-7/h1-4,7H. The minimum absolute atomic E-state index is 0.254. The van der Waals surface area contributed by atoms with E-state index in [1.165, 1.54) is 6.07 Å². The number of halogens is 1. The van der Waals surface area contributed by atoms with Gasteiger partial charge in [0.1, 0.15) is 0 Å². The highest BCUT2D eigenvalue weighted by Gasteiger charge is 2.28. The highest BCUT2D eigenvalue weighted by atomic mass is 19.1. The van der Waals surface area contributed by atoms with Crippen molar-refractivity contribution in [3.63, 3.8) is 0 Å². The van der Waals surface area contributed by atoms with E-state index in [9.17, 15) is 9.18 Å². The fourth-order valence-corrected chi connectivity index (χ4v) is 0.946. The van der Waals surface area contributed by atoms with Crippen LogP contribution in [0.5, 0.6) is 11.5 Å². The quantitative estimate of drug-likeness (QED) is 0.432. The third kappa shape index (κ3) is 1.01. The van der Waals surface area contributed by atoms with Gasteiger partial charge in [-0.1, -0.05) is 12.1 Å². The van der Waals surface area contributed by atoms with Gasteiger partial charge in [-0.2, -0.15) is 4.39 Å². The molecule has 0 saturated heterocycles. The summed E-state index contributed by atoms with van der Waals surface area (Å²) in [5, 5.41) is 0. The molecule has 0 N–H and O–H groups in total. The summed E-state index contributed by atoms with van der Waals surface area (Å²) in [6.07, 6.45) is -2.00. The molecule has 0 amide bonds. The number of esters is 1. The van der Waals surface area contributed by atoms with Crippen molar-refractivity contribution in [2.75, 3.05) is 0 Å². The number of rotatable bonds is 0. The molecule has 0 aromatic heterocycles. The molecule has 1 unspecified atom stereocenters. The first-order valence-electron chi connectivity index (χ1n) is 3.39. The van der Waals surface area contributed by atoms with E-state index < -0.39 is 12.3 Å². The average Bonchev–Trinajstić information content (AvgIpc) is 2.07. The lowest BCUT2D eigenvalue weighted by Crippen LogP contribution is -2.31. The lowest BCUT2D eigenvalue weighted by molar-refractivity contribution is -0.154. The summed E-state index contributed by atoms with van der Waals surface area (Å²) in [4.78, 5) is 10.6. The number of hydrogen-bond donors (Lipinski definition) is 0. The van der Waals surface area contributed by atoms with Crippen LogP contribution in [-0.4, -0.2) is 12.3 Å². The van der Waals surface area contributed by atoms with Crippen LogP contribution in [0.25, 0.3) is 0 Å². The van der Waals surface area contributed by atoms with Crippen LogP contribution in [0.15, 0.2) is 24.3 Å². The van der Waals surface area contributed by atoms with Crippen LogP contribution < -0.4 is 9.47 Å². The number of para-hydroxylation sites is 2. The molecule has 0 aliphatic carbocycles. The summed E-state index contributed by atoms with van der Waals surface area (Å²) < 4.78 is 21.8. The molecule has 4 heteroatoms. The fraction of sp³-hybridized carbons (Fsp3) is 0.125. The van der Waals surface area contributed by atoms with Crippen molar-refractivity contribution in [2.45, 2.75) is 6.36 Å². The van der Waals surface area contributed by atoms with Gasteiger partial charge in [0.15, 0.2) is 11.5 Å². The third-order valence-corrected chi connectivity index (χ3v) is 1.48. The molecule has 0 saturated carbocycles. The van der Waals surface area contributed by atoms with Gasteiger partial charge in [0.05, 0.1) is 0 Å². The second kappa shape index (κ2) is 2.48. The number of carbonyl (C=O) groups excluding carboxylic acids is 1. The highest BCUT2D eigenvalue weighted by molar-refractivity contribution is 5.78. The molecular formula is C8H5FO3. The topological polar surface area (TPSA) is 35.5 Å². The number of ether oxygens (including phenoxy) is 2. The predicted octanol–water partition coefficient (Wildman–Crippen LogP) is 1.28. The number of fused-ring (bicyclic) bond motifs is 1. The van der Waals surface area contributed by atoms with Crippen LogP contribution in [0.3, 0.4) is 0 Å². The molecule has 1 heterocycles. The first kappa shape index (κ1) is 7.09. The summed E-state index contributed by atoms with van der Waals surface area (Å²) in [6.45, 7) is 0. The van der Waals surface area contributed by atoms with Gasteiger partial charge in [-0.3, -0.25) is 0 Å². The molecule has 12 heavy (non-hydrogen) atoms. The van der Waals surface area contributed by atoms with Crippen LogP contribution in [0.4, 0.5) is 4.39 Å². The van der Waals surface area contributed by atoms with Crippen molar-refractivity contribution in [2.24, 2.45) is 0 Å². The molecule has 1 aromatic carbocycles. The van der Waals surface area contributed by atoms with E-state index in [1.54, 1.807) is 18.2 Å². The lowest BCUT2D eigenvalue weighted by atomic mass is 10.3. The number of carbonyl (C=O) groups is 1. The Morgan fingerprint density at radius 1 is 1.25 bits per heavy atom. The first-order valence-corrected chi connectivity index (χ1v) is 3.39. The van der Waals surface area contributed by atoms with Gasteiger partial charge in [0.2, 0.25) is 0 Å². The number of alkyl halides is 1. The maximum Gasteiger partial charge on any atom is 0.386 e. The normalized spacial score (nSPS) is 20.8. The zero-order chi connectivity index (χ0) is 8.55. The Bertz CT molecular complexity index is 324. The van der Waals surface area contributed by atoms with Crippen molar-refractivity contribution in [3.8, 4) is 11.5 Å². The van der Waals surface area contributed by atoms with Crippen LogP contribution in [0.2, 0.25) is 0 Å². The van der Waals surface area contributed by atoms with E-state index in [4.69, 9.17) is 0 Å². The highest BCUT2D eigenvalue weighted by Crippen LogP contribution is 2.31. The summed E-state index contributed by atoms with van der Waals surface area (Å²) in [5.41, 5.74) is 0. The molecule has 1 aliphatic rings.